The number of Topliss-reactive ketones (excluding diaryl/α,β-unsaturated/α-hetero) is 1. The van der Waals surface area contributed by atoms with E-state index >= 15 is 0 Å². The van der Waals surface area contributed by atoms with Crippen molar-refractivity contribution in [2.75, 3.05) is 20.3 Å². The SMILES string of the molecule is COc1ccc(-c2nc(C(C)=O)cn2-c2ccc(OCCO)cc2)cc1. The van der Waals surface area contributed by atoms with E-state index in [1.165, 1.54) is 6.92 Å². The lowest BCUT2D eigenvalue weighted by molar-refractivity contribution is 0.101. The number of carbonyl (C=O) groups is 1. The van der Waals surface area contributed by atoms with E-state index in [1.54, 1.807) is 13.3 Å². The maximum absolute atomic E-state index is 11.8. The minimum absolute atomic E-state index is 0.0349. The van der Waals surface area contributed by atoms with Crippen LogP contribution in [0.2, 0.25) is 0 Å². The number of benzene rings is 2. The van der Waals surface area contributed by atoms with E-state index in [2.05, 4.69) is 4.98 Å². The first-order valence-corrected chi connectivity index (χ1v) is 8.21. The summed E-state index contributed by atoms with van der Waals surface area (Å²) in [6, 6.07) is 14.9. The Labute approximate surface area is 151 Å². The maximum Gasteiger partial charge on any atom is 0.179 e. The highest BCUT2D eigenvalue weighted by Gasteiger charge is 2.14. The van der Waals surface area contributed by atoms with Gasteiger partial charge in [-0.2, -0.15) is 0 Å². The second kappa shape index (κ2) is 7.84. The Morgan fingerprint density at radius 2 is 1.73 bits per heavy atom. The second-order valence-electron chi connectivity index (χ2n) is 5.67. The Balaban J connectivity index is 2.00. The van der Waals surface area contributed by atoms with E-state index in [4.69, 9.17) is 14.6 Å². The van der Waals surface area contributed by atoms with Crippen LogP contribution in [0.3, 0.4) is 0 Å². The maximum atomic E-state index is 11.8. The van der Waals surface area contributed by atoms with Crippen molar-refractivity contribution >= 4 is 5.78 Å². The van der Waals surface area contributed by atoms with Gasteiger partial charge in [0.15, 0.2) is 5.78 Å². The Bertz CT molecular complexity index is 883. The van der Waals surface area contributed by atoms with Gasteiger partial charge in [0.25, 0.3) is 0 Å². The first-order chi connectivity index (χ1) is 12.6. The van der Waals surface area contributed by atoms with Crippen LogP contribution in [0, 0.1) is 0 Å². The van der Waals surface area contributed by atoms with E-state index < -0.39 is 0 Å². The average Bonchev–Trinajstić information content (AvgIpc) is 3.12. The second-order valence-corrected chi connectivity index (χ2v) is 5.67. The van der Waals surface area contributed by atoms with Crippen LogP contribution in [0.5, 0.6) is 11.5 Å². The zero-order valence-electron chi connectivity index (χ0n) is 14.7. The Kier molecular flexibility index (Phi) is 5.34. The summed E-state index contributed by atoms with van der Waals surface area (Å²) in [6.45, 7) is 1.71. The summed E-state index contributed by atoms with van der Waals surface area (Å²) in [5.41, 5.74) is 2.13. The number of ether oxygens (including phenoxy) is 2. The number of aliphatic hydroxyl groups excluding tert-OH is 1. The minimum atomic E-state index is -0.0959. The molecule has 0 bridgehead atoms. The summed E-state index contributed by atoms with van der Waals surface area (Å²) in [7, 11) is 1.62. The minimum Gasteiger partial charge on any atom is -0.497 e. The molecule has 1 N–H and O–H groups in total. The van der Waals surface area contributed by atoms with Gasteiger partial charge in [0.05, 0.1) is 13.7 Å². The molecule has 2 aromatic carbocycles. The van der Waals surface area contributed by atoms with Crippen molar-refractivity contribution < 1.29 is 19.4 Å². The van der Waals surface area contributed by atoms with Gasteiger partial charge in [0.1, 0.15) is 29.6 Å². The number of aliphatic hydroxyl groups is 1. The molecule has 0 radical (unpaired) electrons. The van der Waals surface area contributed by atoms with Crippen molar-refractivity contribution in [3.8, 4) is 28.6 Å². The number of carbonyl (C=O) groups excluding carboxylic acids is 1. The van der Waals surface area contributed by atoms with E-state index in [0.29, 0.717) is 17.3 Å². The van der Waals surface area contributed by atoms with Crippen molar-refractivity contribution in [3.63, 3.8) is 0 Å². The molecule has 134 valence electrons. The van der Waals surface area contributed by atoms with Gasteiger partial charge in [-0.3, -0.25) is 9.36 Å². The van der Waals surface area contributed by atoms with E-state index in [1.807, 2.05) is 53.1 Å². The molecule has 3 aromatic rings. The standard InChI is InChI=1S/C20H20N2O4/c1-14(24)19-13-22(16-5-9-18(10-6-16)26-12-11-23)20(21-19)15-3-7-17(25-2)8-4-15/h3-10,13,23H,11-12H2,1-2H3. The Morgan fingerprint density at radius 1 is 1.08 bits per heavy atom. The van der Waals surface area contributed by atoms with Crippen LogP contribution in [0.4, 0.5) is 0 Å². The molecule has 0 spiro atoms. The van der Waals surface area contributed by atoms with Crippen LogP contribution in [0.15, 0.2) is 54.7 Å². The molecule has 0 aliphatic carbocycles. The van der Waals surface area contributed by atoms with Crippen molar-refractivity contribution in [1.82, 2.24) is 9.55 Å². The largest absolute Gasteiger partial charge is 0.497 e. The molecule has 26 heavy (non-hydrogen) atoms. The van der Waals surface area contributed by atoms with Gasteiger partial charge in [-0.05, 0) is 48.5 Å². The molecule has 0 saturated carbocycles. The highest BCUT2D eigenvalue weighted by Crippen LogP contribution is 2.26. The molecular weight excluding hydrogens is 332 g/mol. The summed E-state index contributed by atoms with van der Waals surface area (Å²) in [6.07, 6.45) is 1.73. The van der Waals surface area contributed by atoms with Gasteiger partial charge < -0.3 is 14.6 Å². The smallest absolute Gasteiger partial charge is 0.179 e. The number of aromatic nitrogens is 2. The summed E-state index contributed by atoms with van der Waals surface area (Å²) in [5, 5.41) is 8.84. The summed E-state index contributed by atoms with van der Waals surface area (Å²) in [5.74, 6) is 1.99. The van der Waals surface area contributed by atoms with Crippen LogP contribution < -0.4 is 9.47 Å². The van der Waals surface area contributed by atoms with Crippen LogP contribution in [0.1, 0.15) is 17.4 Å². The average molecular weight is 352 g/mol. The van der Waals surface area contributed by atoms with Gasteiger partial charge in [-0.15, -0.1) is 0 Å². The zero-order chi connectivity index (χ0) is 18.5. The molecule has 0 aliphatic rings. The number of methoxy groups -OCH3 is 1. The number of rotatable bonds is 7. The van der Waals surface area contributed by atoms with Gasteiger partial charge in [0, 0.05) is 24.4 Å². The molecule has 6 nitrogen and oxygen atoms in total. The monoisotopic (exact) mass is 352 g/mol. The van der Waals surface area contributed by atoms with Gasteiger partial charge in [0.2, 0.25) is 0 Å². The van der Waals surface area contributed by atoms with Crippen LogP contribution in [-0.4, -0.2) is 40.8 Å². The number of hydrogen-bond acceptors (Lipinski definition) is 5. The van der Waals surface area contributed by atoms with E-state index in [-0.39, 0.29) is 19.0 Å². The molecule has 1 aromatic heterocycles. The van der Waals surface area contributed by atoms with Gasteiger partial charge in [-0.25, -0.2) is 4.98 Å². The lowest BCUT2D eigenvalue weighted by Gasteiger charge is -2.10. The Hall–Kier alpha value is -3.12. The molecule has 0 unspecified atom stereocenters. The predicted molar refractivity (Wildman–Crippen MR) is 98.1 cm³/mol. The zero-order valence-corrected chi connectivity index (χ0v) is 14.7. The molecule has 0 saturated heterocycles. The van der Waals surface area contributed by atoms with E-state index in [9.17, 15) is 4.79 Å². The van der Waals surface area contributed by atoms with Crippen LogP contribution in [-0.2, 0) is 0 Å². The third-order valence-electron chi connectivity index (χ3n) is 3.89. The number of hydrogen-bond donors (Lipinski definition) is 1. The van der Waals surface area contributed by atoms with Crippen molar-refractivity contribution in [2.45, 2.75) is 6.92 Å². The molecule has 1 heterocycles. The van der Waals surface area contributed by atoms with Crippen molar-refractivity contribution in [1.29, 1.82) is 0 Å². The van der Waals surface area contributed by atoms with Gasteiger partial charge >= 0.3 is 0 Å². The lowest BCUT2D eigenvalue weighted by Crippen LogP contribution is -2.02. The van der Waals surface area contributed by atoms with Crippen molar-refractivity contribution in [2.24, 2.45) is 0 Å². The fourth-order valence-electron chi connectivity index (χ4n) is 2.56. The van der Waals surface area contributed by atoms with Crippen LogP contribution in [0.25, 0.3) is 17.1 Å². The third-order valence-corrected chi connectivity index (χ3v) is 3.89. The highest BCUT2D eigenvalue weighted by atomic mass is 16.5. The molecular formula is C20H20N2O4. The topological polar surface area (TPSA) is 73.6 Å². The predicted octanol–water partition coefficient (Wildman–Crippen LogP) is 3.12. The quantitative estimate of drug-likeness (QED) is 0.662. The number of imidazole rings is 1. The first kappa shape index (κ1) is 17.7. The normalized spacial score (nSPS) is 10.6. The van der Waals surface area contributed by atoms with Crippen LogP contribution >= 0.6 is 0 Å². The highest BCUT2D eigenvalue weighted by molar-refractivity contribution is 5.92. The fourth-order valence-corrected chi connectivity index (χ4v) is 2.56. The molecule has 0 fully saturated rings. The molecule has 0 aliphatic heterocycles. The van der Waals surface area contributed by atoms with Gasteiger partial charge in [-0.1, -0.05) is 0 Å². The number of ketones is 1. The van der Waals surface area contributed by atoms with E-state index in [0.717, 1.165) is 17.0 Å². The third kappa shape index (κ3) is 3.75. The lowest BCUT2D eigenvalue weighted by atomic mass is 10.2. The van der Waals surface area contributed by atoms with Crippen molar-refractivity contribution in [3.05, 3.63) is 60.4 Å². The first-order valence-electron chi connectivity index (χ1n) is 8.21. The molecule has 0 atom stereocenters. The summed E-state index contributed by atoms with van der Waals surface area (Å²) >= 11 is 0. The molecule has 3 rings (SSSR count). The fraction of sp³-hybridized carbons (Fsp3) is 0.200. The summed E-state index contributed by atoms with van der Waals surface area (Å²) < 4.78 is 12.5. The number of nitrogens with zero attached hydrogens (tertiary/aromatic N) is 2. The summed E-state index contributed by atoms with van der Waals surface area (Å²) in [4.78, 5) is 16.3. The molecule has 6 heteroatoms. The Morgan fingerprint density at radius 3 is 2.31 bits per heavy atom. The molecule has 0 amide bonds.